The monoisotopic (exact) mass is 265 g/mol. The largest absolute Gasteiger partial charge is 0.488 e. The van der Waals surface area contributed by atoms with Crippen LogP contribution in [0, 0.1) is 0 Å². The molecule has 19 heavy (non-hydrogen) atoms. The van der Waals surface area contributed by atoms with Crippen molar-refractivity contribution in [2.24, 2.45) is 0 Å². The Labute approximate surface area is 117 Å². The second-order valence-electron chi connectivity index (χ2n) is 5.02. The molecule has 0 aromatic heterocycles. The lowest BCUT2D eigenvalue weighted by molar-refractivity contribution is 0.0594. The summed E-state index contributed by atoms with van der Waals surface area (Å²) >= 11 is 0. The van der Waals surface area contributed by atoms with E-state index in [2.05, 4.69) is 25.2 Å². The molecule has 0 amide bonds. The van der Waals surface area contributed by atoms with Gasteiger partial charge in [-0.3, -0.25) is 0 Å². The number of benzene rings is 1. The van der Waals surface area contributed by atoms with E-state index in [1.165, 1.54) is 5.56 Å². The first kappa shape index (κ1) is 16.0. The summed E-state index contributed by atoms with van der Waals surface area (Å²) in [4.78, 5) is 0. The van der Waals surface area contributed by atoms with E-state index in [1.54, 1.807) is 6.92 Å². The summed E-state index contributed by atoms with van der Waals surface area (Å²) in [6, 6.07) is 8.38. The molecule has 3 atom stereocenters. The molecular weight excluding hydrogens is 238 g/mol. The molecule has 3 nitrogen and oxygen atoms in total. The lowest BCUT2D eigenvalue weighted by Gasteiger charge is -2.24. The predicted octanol–water partition coefficient (Wildman–Crippen LogP) is 3.29. The molecule has 3 heteroatoms. The molecule has 0 radical (unpaired) electrons. The lowest BCUT2D eigenvalue weighted by Crippen LogP contribution is -2.27. The smallest absolute Gasteiger partial charge is 0.124 e. The van der Waals surface area contributed by atoms with Gasteiger partial charge in [0.15, 0.2) is 0 Å². The van der Waals surface area contributed by atoms with Gasteiger partial charge in [0.2, 0.25) is 0 Å². The Morgan fingerprint density at radius 2 is 1.89 bits per heavy atom. The van der Waals surface area contributed by atoms with Gasteiger partial charge in [-0.15, -0.1) is 0 Å². The lowest BCUT2D eigenvalue weighted by atomic mass is 10.0. The number of aliphatic hydroxyl groups is 1. The second-order valence-corrected chi connectivity index (χ2v) is 5.02. The molecule has 0 fully saturated rings. The fourth-order valence-corrected chi connectivity index (χ4v) is 1.97. The van der Waals surface area contributed by atoms with E-state index in [0.29, 0.717) is 6.04 Å². The van der Waals surface area contributed by atoms with Crippen molar-refractivity contribution in [3.63, 3.8) is 0 Å². The summed E-state index contributed by atoms with van der Waals surface area (Å²) < 4.78 is 5.88. The molecule has 0 aliphatic rings. The molecule has 0 spiro atoms. The Balaban J connectivity index is 2.87. The minimum atomic E-state index is -0.475. The third kappa shape index (κ3) is 4.84. The molecule has 0 bridgehead atoms. The molecule has 0 aliphatic heterocycles. The minimum absolute atomic E-state index is 0.204. The van der Waals surface area contributed by atoms with Gasteiger partial charge in [-0.2, -0.15) is 0 Å². The van der Waals surface area contributed by atoms with Crippen molar-refractivity contribution in [2.75, 3.05) is 6.54 Å². The van der Waals surface area contributed by atoms with Crippen LogP contribution in [0.4, 0.5) is 0 Å². The molecule has 0 aliphatic carbocycles. The molecule has 108 valence electrons. The van der Waals surface area contributed by atoms with Gasteiger partial charge in [-0.25, -0.2) is 0 Å². The molecule has 1 aromatic carbocycles. The van der Waals surface area contributed by atoms with Crippen LogP contribution < -0.4 is 10.1 Å². The fraction of sp³-hybridized carbons (Fsp3) is 0.625. The average Bonchev–Trinajstić information content (AvgIpc) is 2.41. The Kier molecular flexibility index (Phi) is 6.89. The zero-order chi connectivity index (χ0) is 14.3. The summed E-state index contributed by atoms with van der Waals surface area (Å²) in [5.74, 6) is 0.867. The maximum absolute atomic E-state index is 9.57. The normalized spacial score (nSPS) is 15.8. The maximum Gasteiger partial charge on any atom is 0.124 e. The quantitative estimate of drug-likeness (QED) is 0.758. The predicted molar refractivity (Wildman–Crippen MR) is 79.5 cm³/mol. The molecule has 3 unspecified atom stereocenters. The van der Waals surface area contributed by atoms with Crippen LogP contribution in [-0.4, -0.2) is 23.9 Å². The van der Waals surface area contributed by atoms with E-state index in [4.69, 9.17) is 4.74 Å². The van der Waals surface area contributed by atoms with E-state index >= 15 is 0 Å². The van der Waals surface area contributed by atoms with E-state index in [9.17, 15) is 5.11 Å². The van der Waals surface area contributed by atoms with Crippen molar-refractivity contribution >= 4 is 0 Å². The summed E-state index contributed by atoms with van der Waals surface area (Å²) in [6.07, 6.45) is 1.45. The fourth-order valence-electron chi connectivity index (χ4n) is 1.97. The first-order chi connectivity index (χ1) is 9.10. The SMILES string of the molecule is CCCNC(CC)c1ccccc1OC(C)C(C)O. The Bertz CT molecular complexity index is 366. The Morgan fingerprint density at radius 3 is 2.47 bits per heavy atom. The van der Waals surface area contributed by atoms with Crippen molar-refractivity contribution in [1.82, 2.24) is 5.32 Å². The minimum Gasteiger partial charge on any atom is -0.488 e. The van der Waals surface area contributed by atoms with E-state index in [1.807, 2.05) is 25.1 Å². The summed E-state index contributed by atoms with van der Waals surface area (Å²) in [5.41, 5.74) is 1.17. The average molecular weight is 265 g/mol. The van der Waals surface area contributed by atoms with Gasteiger partial charge in [0.25, 0.3) is 0 Å². The van der Waals surface area contributed by atoms with Crippen LogP contribution in [0.15, 0.2) is 24.3 Å². The highest BCUT2D eigenvalue weighted by Gasteiger charge is 2.17. The van der Waals surface area contributed by atoms with Crippen LogP contribution in [0.2, 0.25) is 0 Å². The van der Waals surface area contributed by atoms with Crippen LogP contribution in [0.5, 0.6) is 5.75 Å². The third-order valence-electron chi connectivity index (χ3n) is 3.34. The van der Waals surface area contributed by atoms with E-state index in [0.717, 1.165) is 25.1 Å². The zero-order valence-electron chi connectivity index (χ0n) is 12.5. The summed E-state index contributed by atoms with van der Waals surface area (Å²) in [5, 5.41) is 13.1. The highest BCUT2D eigenvalue weighted by Crippen LogP contribution is 2.28. The van der Waals surface area contributed by atoms with Crippen LogP contribution in [-0.2, 0) is 0 Å². The molecule has 1 rings (SSSR count). The van der Waals surface area contributed by atoms with Gasteiger partial charge in [0, 0.05) is 11.6 Å². The van der Waals surface area contributed by atoms with Crippen molar-refractivity contribution in [1.29, 1.82) is 0 Å². The molecule has 2 N–H and O–H groups in total. The molecule has 0 saturated carbocycles. The zero-order valence-corrected chi connectivity index (χ0v) is 12.5. The number of hydrogen-bond donors (Lipinski definition) is 2. The standard InChI is InChI=1S/C16H27NO2/c1-5-11-17-15(6-2)14-9-7-8-10-16(14)19-13(4)12(3)18/h7-10,12-13,15,17-18H,5-6,11H2,1-4H3. The molecule has 0 saturated heterocycles. The first-order valence-corrected chi connectivity index (χ1v) is 7.27. The maximum atomic E-state index is 9.57. The molecule has 0 heterocycles. The van der Waals surface area contributed by atoms with Gasteiger partial charge in [-0.1, -0.05) is 32.0 Å². The summed E-state index contributed by atoms with van der Waals surface area (Å²) in [7, 11) is 0. The van der Waals surface area contributed by atoms with Gasteiger partial charge >= 0.3 is 0 Å². The number of hydrogen-bond acceptors (Lipinski definition) is 3. The van der Waals surface area contributed by atoms with Crippen LogP contribution in [0.25, 0.3) is 0 Å². The van der Waals surface area contributed by atoms with Gasteiger partial charge in [0.05, 0.1) is 6.10 Å². The topological polar surface area (TPSA) is 41.5 Å². The number of nitrogens with one attached hydrogen (secondary N) is 1. The molecular formula is C16H27NO2. The Hall–Kier alpha value is -1.06. The first-order valence-electron chi connectivity index (χ1n) is 7.27. The number of aliphatic hydroxyl groups excluding tert-OH is 1. The van der Waals surface area contributed by atoms with Crippen molar-refractivity contribution in [3.8, 4) is 5.75 Å². The molecule has 1 aromatic rings. The van der Waals surface area contributed by atoms with E-state index < -0.39 is 6.10 Å². The van der Waals surface area contributed by atoms with E-state index in [-0.39, 0.29) is 6.10 Å². The third-order valence-corrected chi connectivity index (χ3v) is 3.34. The van der Waals surface area contributed by atoms with Crippen LogP contribution in [0.3, 0.4) is 0 Å². The van der Waals surface area contributed by atoms with Crippen LogP contribution in [0.1, 0.15) is 52.1 Å². The van der Waals surface area contributed by atoms with Crippen molar-refractivity contribution in [3.05, 3.63) is 29.8 Å². The van der Waals surface area contributed by atoms with Crippen molar-refractivity contribution < 1.29 is 9.84 Å². The van der Waals surface area contributed by atoms with Crippen LogP contribution >= 0.6 is 0 Å². The second kappa shape index (κ2) is 8.18. The highest BCUT2D eigenvalue weighted by molar-refractivity contribution is 5.36. The van der Waals surface area contributed by atoms with Gasteiger partial charge < -0.3 is 15.2 Å². The number of para-hydroxylation sites is 1. The van der Waals surface area contributed by atoms with Gasteiger partial charge in [-0.05, 0) is 39.3 Å². The summed E-state index contributed by atoms with van der Waals surface area (Å²) in [6.45, 7) is 8.97. The van der Waals surface area contributed by atoms with Gasteiger partial charge in [0.1, 0.15) is 11.9 Å². The highest BCUT2D eigenvalue weighted by atomic mass is 16.5. The number of ether oxygens (including phenoxy) is 1. The Morgan fingerprint density at radius 1 is 1.21 bits per heavy atom. The van der Waals surface area contributed by atoms with Crippen molar-refractivity contribution in [2.45, 2.75) is 58.8 Å². The number of rotatable bonds is 8.